The second-order valence-electron chi connectivity index (χ2n) is 4.72. The first kappa shape index (κ1) is 13.3. The molecule has 0 bridgehead atoms. The van der Waals surface area contributed by atoms with E-state index < -0.39 is 0 Å². The van der Waals surface area contributed by atoms with Gasteiger partial charge in [0.25, 0.3) is 5.69 Å². The Morgan fingerprint density at radius 3 is 2.62 bits per heavy atom. The van der Waals surface area contributed by atoms with Crippen LogP contribution in [0.3, 0.4) is 0 Å². The van der Waals surface area contributed by atoms with Crippen molar-refractivity contribution in [1.82, 2.24) is 4.57 Å². The van der Waals surface area contributed by atoms with Crippen LogP contribution >= 0.6 is 0 Å². The van der Waals surface area contributed by atoms with E-state index in [1.165, 1.54) is 6.07 Å². The third kappa shape index (κ3) is 2.78. The van der Waals surface area contributed by atoms with Crippen molar-refractivity contribution in [2.24, 2.45) is 0 Å². The van der Waals surface area contributed by atoms with Gasteiger partial charge in [-0.1, -0.05) is 42.5 Å². The average Bonchev–Trinajstić information content (AvgIpc) is 2.91. The van der Waals surface area contributed by atoms with Crippen molar-refractivity contribution < 1.29 is 9.66 Å². The zero-order valence-electron chi connectivity index (χ0n) is 11.3. The fraction of sp³-hybridized carbons (Fsp3) is 0.125. The van der Waals surface area contributed by atoms with Gasteiger partial charge in [-0.25, -0.2) is 0 Å². The molecule has 0 saturated carbocycles. The number of nitrogens with zero attached hydrogens (tertiary/aromatic N) is 2. The van der Waals surface area contributed by atoms with Crippen LogP contribution in [0.15, 0.2) is 60.8 Å². The van der Waals surface area contributed by atoms with E-state index in [1.807, 2.05) is 48.7 Å². The number of hydrogen-bond donors (Lipinski definition) is 0. The van der Waals surface area contributed by atoms with E-state index in [9.17, 15) is 10.1 Å². The van der Waals surface area contributed by atoms with Crippen LogP contribution in [0, 0.1) is 10.1 Å². The number of fused-ring (bicyclic) bond motifs is 1. The molecule has 106 valence electrons. The van der Waals surface area contributed by atoms with Gasteiger partial charge >= 0.3 is 0 Å². The summed E-state index contributed by atoms with van der Waals surface area (Å²) in [5.41, 5.74) is 1.76. The summed E-state index contributed by atoms with van der Waals surface area (Å²) in [6, 6.07) is 16.7. The number of nitro groups is 1. The van der Waals surface area contributed by atoms with Gasteiger partial charge in [0, 0.05) is 17.6 Å². The molecule has 1 heterocycles. The summed E-state index contributed by atoms with van der Waals surface area (Å²) >= 11 is 0. The Hall–Kier alpha value is -2.66. The zero-order chi connectivity index (χ0) is 14.7. The van der Waals surface area contributed by atoms with Crippen molar-refractivity contribution in [2.75, 3.05) is 0 Å². The first-order valence-electron chi connectivity index (χ1n) is 6.59. The van der Waals surface area contributed by atoms with E-state index >= 15 is 0 Å². The lowest BCUT2D eigenvalue weighted by Crippen LogP contribution is -2.03. The van der Waals surface area contributed by atoms with E-state index in [-0.39, 0.29) is 17.3 Å². The van der Waals surface area contributed by atoms with Crippen LogP contribution < -0.4 is 0 Å². The second kappa shape index (κ2) is 5.76. The number of ether oxygens (including phenoxy) is 1. The lowest BCUT2D eigenvalue weighted by atomic mass is 10.2. The predicted molar refractivity (Wildman–Crippen MR) is 79.8 cm³/mol. The molecule has 0 aliphatic heterocycles. The van der Waals surface area contributed by atoms with Crippen LogP contribution in [-0.2, 0) is 18.1 Å². The molecular formula is C16H14N2O3. The monoisotopic (exact) mass is 282 g/mol. The highest BCUT2D eigenvalue weighted by atomic mass is 16.6. The maximum atomic E-state index is 11.1. The minimum absolute atomic E-state index is 0.0980. The number of aromatic nitrogens is 1. The Kier molecular flexibility index (Phi) is 3.66. The molecule has 0 unspecified atom stereocenters. The van der Waals surface area contributed by atoms with E-state index in [0.29, 0.717) is 12.1 Å². The van der Waals surface area contributed by atoms with Gasteiger partial charge in [-0.05, 0) is 11.6 Å². The highest BCUT2D eigenvalue weighted by molar-refractivity contribution is 5.88. The van der Waals surface area contributed by atoms with Crippen LogP contribution in [0.4, 0.5) is 5.69 Å². The molecule has 0 atom stereocenters. The SMILES string of the molecule is O=[N+]([O-])c1cccc2ccn(COCc3ccccc3)c12. The Morgan fingerprint density at radius 2 is 1.86 bits per heavy atom. The van der Waals surface area contributed by atoms with Crippen LogP contribution in [0.5, 0.6) is 0 Å². The molecule has 1 aromatic heterocycles. The van der Waals surface area contributed by atoms with Gasteiger partial charge in [0.1, 0.15) is 12.2 Å². The minimum Gasteiger partial charge on any atom is -0.356 e. The van der Waals surface area contributed by atoms with Crippen molar-refractivity contribution in [2.45, 2.75) is 13.3 Å². The molecule has 5 nitrogen and oxygen atoms in total. The van der Waals surface area contributed by atoms with E-state index in [0.717, 1.165) is 10.9 Å². The van der Waals surface area contributed by atoms with Crippen molar-refractivity contribution in [1.29, 1.82) is 0 Å². The van der Waals surface area contributed by atoms with E-state index in [4.69, 9.17) is 4.74 Å². The molecule has 0 amide bonds. The normalized spacial score (nSPS) is 10.9. The number of hydrogen-bond acceptors (Lipinski definition) is 3. The standard InChI is InChI=1S/C16H14N2O3/c19-18(20)15-8-4-7-14-9-10-17(16(14)15)12-21-11-13-5-2-1-3-6-13/h1-10H,11-12H2. The molecule has 21 heavy (non-hydrogen) atoms. The summed E-state index contributed by atoms with van der Waals surface area (Å²) in [5, 5.41) is 12.0. The summed E-state index contributed by atoms with van der Waals surface area (Å²) in [6.45, 7) is 0.754. The smallest absolute Gasteiger partial charge is 0.293 e. The van der Waals surface area contributed by atoms with Crippen molar-refractivity contribution >= 4 is 16.6 Å². The van der Waals surface area contributed by atoms with Gasteiger partial charge < -0.3 is 9.30 Å². The quantitative estimate of drug-likeness (QED) is 0.529. The topological polar surface area (TPSA) is 57.3 Å². The molecule has 2 aromatic carbocycles. The molecular weight excluding hydrogens is 268 g/mol. The molecule has 0 radical (unpaired) electrons. The fourth-order valence-corrected chi connectivity index (χ4v) is 2.33. The van der Waals surface area contributed by atoms with Gasteiger partial charge in [0.15, 0.2) is 0 Å². The number of non-ortho nitro benzene ring substituents is 1. The maximum Gasteiger partial charge on any atom is 0.293 e. The molecule has 0 aliphatic rings. The Balaban J connectivity index is 1.80. The summed E-state index contributed by atoms with van der Waals surface area (Å²) < 4.78 is 7.41. The first-order chi connectivity index (χ1) is 10.3. The molecule has 3 rings (SSSR count). The minimum atomic E-state index is -0.365. The highest BCUT2D eigenvalue weighted by Gasteiger charge is 2.15. The Morgan fingerprint density at radius 1 is 1.05 bits per heavy atom. The van der Waals surface area contributed by atoms with Gasteiger partial charge in [-0.3, -0.25) is 10.1 Å². The van der Waals surface area contributed by atoms with Gasteiger partial charge in [0.2, 0.25) is 0 Å². The fourth-order valence-electron chi connectivity index (χ4n) is 2.33. The van der Waals surface area contributed by atoms with Crippen molar-refractivity contribution in [3.8, 4) is 0 Å². The van der Waals surface area contributed by atoms with Crippen LogP contribution in [0.25, 0.3) is 10.9 Å². The largest absolute Gasteiger partial charge is 0.356 e. The third-order valence-electron chi connectivity index (χ3n) is 3.31. The molecule has 0 aliphatic carbocycles. The first-order valence-corrected chi connectivity index (χ1v) is 6.59. The zero-order valence-corrected chi connectivity index (χ0v) is 11.3. The van der Waals surface area contributed by atoms with Gasteiger partial charge in [-0.15, -0.1) is 0 Å². The maximum absolute atomic E-state index is 11.1. The summed E-state index contributed by atoms with van der Waals surface area (Å²) in [5.74, 6) is 0. The Bertz CT molecular complexity index is 766. The second-order valence-corrected chi connectivity index (χ2v) is 4.72. The van der Waals surface area contributed by atoms with Crippen molar-refractivity contribution in [3.63, 3.8) is 0 Å². The van der Waals surface area contributed by atoms with Gasteiger partial charge in [0.05, 0.1) is 11.5 Å². The molecule has 0 fully saturated rings. The van der Waals surface area contributed by atoms with Crippen LogP contribution in [0.1, 0.15) is 5.56 Å². The van der Waals surface area contributed by atoms with Crippen LogP contribution in [0.2, 0.25) is 0 Å². The average molecular weight is 282 g/mol. The lowest BCUT2D eigenvalue weighted by molar-refractivity contribution is -0.383. The molecule has 5 heteroatoms. The van der Waals surface area contributed by atoms with Crippen LogP contribution in [-0.4, -0.2) is 9.49 Å². The lowest BCUT2D eigenvalue weighted by Gasteiger charge is -2.07. The predicted octanol–water partition coefficient (Wildman–Crippen LogP) is 3.72. The molecule has 0 saturated heterocycles. The van der Waals surface area contributed by atoms with Crippen molar-refractivity contribution in [3.05, 3.63) is 76.5 Å². The van der Waals surface area contributed by atoms with E-state index in [2.05, 4.69) is 0 Å². The molecule has 0 spiro atoms. The number of benzene rings is 2. The summed E-state index contributed by atoms with van der Waals surface area (Å²) in [4.78, 5) is 10.7. The number of rotatable bonds is 5. The Labute approximate surface area is 121 Å². The third-order valence-corrected chi connectivity index (χ3v) is 3.31. The van der Waals surface area contributed by atoms with Gasteiger partial charge in [-0.2, -0.15) is 0 Å². The molecule has 0 N–H and O–H groups in total. The highest BCUT2D eigenvalue weighted by Crippen LogP contribution is 2.26. The number of nitro benzene ring substituents is 1. The van der Waals surface area contributed by atoms with E-state index in [1.54, 1.807) is 10.6 Å². The number of para-hydroxylation sites is 1. The molecule has 3 aromatic rings. The summed E-state index contributed by atoms with van der Waals surface area (Å²) in [6.07, 6.45) is 1.81. The summed E-state index contributed by atoms with van der Waals surface area (Å²) in [7, 11) is 0.